The fraction of sp³-hybridized carbons (Fsp3) is 0.286. The van der Waals surface area contributed by atoms with Gasteiger partial charge >= 0.3 is 11.9 Å². The zero-order valence-corrected chi connectivity index (χ0v) is 10.8. The van der Waals surface area contributed by atoms with Gasteiger partial charge in [0.1, 0.15) is 5.75 Å². The lowest BCUT2D eigenvalue weighted by Crippen LogP contribution is -2.26. The number of hydrogen-bond donors (Lipinski definition) is 1. The number of carboxylic acid groups (broad SMARTS) is 1. The highest BCUT2D eigenvalue weighted by Gasteiger charge is 2.16. The SMILES string of the molecule is CCOC(=O)C(C)Oc1ccccc1C=CC(=O)O. The van der Waals surface area contributed by atoms with Gasteiger partial charge in [-0.1, -0.05) is 18.2 Å². The Bertz CT molecular complexity index is 478. The Hall–Kier alpha value is -2.30. The first-order valence-electron chi connectivity index (χ1n) is 5.88. The molecule has 0 bridgehead atoms. The molecule has 0 aliphatic heterocycles. The minimum Gasteiger partial charge on any atom is -0.478 e. The second-order valence-corrected chi connectivity index (χ2v) is 3.72. The van der Waals surface area contributed by atoms with Crippen molar-refractivity contribution in [3.63, 3.8) is 0 Å². The van der Waals surface area contributed by atoms with Crippen molar-refractivity contribution in [2.24, 2.45) is 0 Å². The molecule has 1 atom stereocenters. The van der Waals surface area contributed by atoms with Gasteiger partial charge in [0.15, 0.2) is 6.10 Å². The smallest absolute Gasteiger partial charge is 0.347 e. The van der Waals surface area contributed by atoms with Gasteiger partial charge in [-0.25, -0.2) is 9.59 Å². The Morgan fingerprint density at radius 1 is 1.37 bits per heavy atom. The van der Waals surface area contributed by atoms with Crippen LogP contribution in [-0.4, -0.2) is 29.8 Å². The number of para-hydroxylation sites is 1. The molecule has 1 N–H and O–H groups in total. The van der Waals surface area contributed by atoms with E-state index in [0.717, 1.165) is 6.08 Å². The molecule has 0 spiro atoms. The van der Waals surface area contributed by atoms with E-state index in [1.807, 2.05) is 0 Å². The number of carbonyl (C=O) groups excluding carboxylic acids is 1. The molecule has 0 fully saturated rings. The molecule has 0 saturated carbocycles. The first-order chi connectivity index (χ1) is 9.04. The second-order valence-electron chi connectivity index (χ2n) is 3.72. The van der Waals surface area contributed by atoms with E-state index in [9.17, 15) is 9.59 Å². The number of carboxylic acids is 1. The van der Waals surface area contributed by atoms with Crippen LogP contribution in [-0.2, 0) is 14.3 Å². The van der Waals surface area contributed by atoms with E-state index >= 15 is 0 Å². The van der Waals surface area contributed by atoms with E-state index in [1.165, 1.54) is 6.08 Å². The molecule has 0 radical (unpaired) electrons. The van der Waals surface area contributed by atoms with E-state index < -0.39 is 18.0 Å². The molecule has 102 valence electrons. The zero-order valence-electron chi connectivity index (χ0n) is 10.8. The molecule has 0 saturated heterocycles. The topological polar surface area (TPSA) is 72.8 Å². The fourth-order valence-corrected chi connectivity index (χ4v) is 1.38. The summed E-state index contributed by atoms with van der Waals surface area (Å²) < 4.78 is 10.3. The molecule has 1 unspecified atom stereocenters. The van der Waals surface area contributed by atoms with Crippen LogP contribution in [0.2, 0.25) is 0 Å². The first-order valence-corrected chi connectivity index (χ1v) is 5.88. The van der Waals surface area contributed by atoms with Crippen molar-refractivity contribution < 1.29 is 24.2 Å². The minimum absolute atomic E-state index is 0.285. The van der Waals surface area contributed by atoms with E-state index in [-0.39, 0.29) is 6.61 Å². The monoisotopic (exact) mass is 264 g/mol. The van der Waals surface area contributed by atoms with Gasteiger partial charge in [0.2, 0.25) is 0 Å². The van der Waals surface area contributed by atoms with Crippen LogP contribution in [0.5, 0.6) is 5.75 Å². The van der Waals surface area contributed by atoms with Crippen molar-refractivity contribution in [1.82, 2.24) is 0 Å². The van der Waals surface area contributed by atoms with Gasteiger partial charge in [0.05, 0.1) is 6.61 Å². The first kappa shape index (κ1) is 14.8. The molecule has 1 rings (SSSR count). The summed E-state index contributed by atoms with van der Waals surface area (Å²) in [6, 6.07) is 6.86. The van der Waals surface area contributed by atoms with E-state index in [0.29, 0.717) is 11.3 Å². The predicted molar refractivity (Wildman–Crippen MR) is 69.8 cm³/mol. The Labute approximate surface area is 111 Å². The molecular weight excluding hydrogens is 248 g/mol. The molecule has 1 aromatic carbocycles. The van der Waals surface area contributed by atoms with Crippen LogP contribution in [0.1, 0.15) is 19.4 Å². The standard InChI is InChI=1S/C14H16O5/c1-3-18-14(17)10(2)19-12-7-5-4-6-11(12)8-9-13(15)16/h4-10H,3H2,1-2H3,(H,15,16). The van der Waals surface area contributed by atoms with Crippen LogP contribution >= 0.6 is 0 Å². The van der Waals surface area contributed by atoms with E-state index in [4.69, 9.17) is 14.6 Å². The maximum Gasteiger partial charge on any atom is 0.347 e. The Balaban J connectivity index is 2.83. The largest absolute Gasteiger partial charge is 0.478 e. The van der Waals surface area contributed by atoms with Gasteiger partial charge in [-0.2, -0.15) is 0 Å². The number of esters is 1. The Morgan fingerprint density at radius 2 is 2.05 bits per heavy atom. The summed E-state index contributed by atoms with van der Waals surface area (Å²) in [6.45, 7) is 3.58. The average molecular weight is 264 g/mol. The highest BCUT2D eigenvalue weighted by atomic mass is 16.6. The molecule has 19 heavy (non-hydrogen) atoms. The normalized spacial score (nSPS) is 12.1. The van der Waals surface area contributed by atoms with Crippen LogP contribution in [0.4, 0.5) is 0 Å². The molecule has 0 amide bonds. The number of hydrogen-bond acceptors (Lipinski definition) is 4. The molecule has 0 aromatic heterocycles. The van der Waals surface area contributed by atoms with Crippen molar-refractivity contribution in [3.05, 3.63) is 35.9 Å². The average Bonchev–Trinajstić information content (AvgIpc) is 2.37. The van der Waals surface area contributed by atoms with E-state index in [1.54, 1.807) is 38.1 Å². The third-order valence-corrected chi connectivity index (χ3v) is 2.25. The number of aliphatic carboxylic acids is 1. The van der Waals surface area contributed by atoms with Crippen molar-refractivity contribution >= 4 is 18.0 Å². The van der Waals surface area contributed by atoms with Gasteiger partial charge in [-0.15, -0.1) is 0 Å². The second kappa shape index (κ2) is 7.20. The lowest BCUT2D eigenvalue weighted by Gasteiger charge is -2.14. The van der Waals surface area contributed by atoms with Crippen LogP contribution in [0, 0.1) is 0 Å². The lowest BCUT2D eigenvalue weighted by atomic mass is 10.2. The summed E-state index contributed by atoms with van der Waals surface area (Å²) in [5.41, 5.74) is 0.584. The van der Waals surface area contributed by atoms with Gasteiger partial charge in [0, 0.05) is 11.6 Å². The number of ether oxygens (including phenoxy) is 2. The summed E-state index contributed by atoms with van der Waals surface area (Å²) in [6.07, 6.45) is 1.67. The Morgan fingerprint density at radius 3 is 2.68 bits per heavy atom. The quantitative estimate of drug-likeness (QED) is 0.629. The summed E-state index contributed by atoms with van der Waals surface area (Å²) in [5.74, 6) is -1.08. The van der Waals surface area contributed by atoms with Gasteiger partial charge < -0.3 is 14.6 Å². The van der Waals surface area contributed by atoms with Crippen LogP contribution in [0.3, 0.4) is 0 Å². The highest BCUT2D eigenvalue weighted by Crippen LogP contribution is 2.21. The van der Waals surface area contributed by atoms with E-state index in [2.05, 4.69) is 0 Å². The van der Waals surface area contributed by atoms with Crippen LogP contribution < -0.4 is 4.74 Å². The predicted octanol–water partition coefficient (Wildman–Crippen LogP) is 2.11. The van der Waals surface area contributed by atoms with Crippen molar-refractivity contribution in [2.75, 3.05) is 6.61 Å². The molecule has 5 nitrogen and oxygen atoms in total. The number of carbonyl (C=O) groups is 2. The zero-order chi connectivity index (χ0) is 14.3. The number of rotatable bonds is 6. The van der Waals surface area contributed by atoms with Gasteiger partial charge in [-0.3, -0.25) is 0 Å². The maximum atomic E-state index is 11.5. The third-order valence-electron chi connectivity index (χ3n) is 2.25. The lowest BCUT2D eigenvalue weighted by molar-refractivity contribution is -0.150. The van der Waals surface area contributed by atoms with Gasteiger partial charge in [-0.05, 0) is 26.0 Å². The fourth-order valence-electron chi connectivity index (χ4n) is 1.38. The summed E-state index contributed by atoms with van der Waals surface area (Å²) in [7, 11) is 0. The van der Waals surface area contributed by atoms with Crippen molar-refractivity contribution in [1.29, 1.82) is 0 Å². The molecule has 0 aliphatic rings. The molecule has 0 aliphatic carbocycles. The molecular formula is C14H16O5. The summed E-state index contributed by atoms with van der Waals surface area (Å²) in [4.78, 5) is 22.0. The van der Waals surface area contributed by atoms with Gasteiger partial charge in [0.25, 0.3) is 0 Å². The maximum absolute atomic E-state index is 11.5. The van der Waals surface area contributed by atoms with Crippen LogP contribution in [0.15, 0.2) is 30.3 Å². The van der Waals surface area contributed by atoms with Crippen LogP contribution in [0.25, 0.3) is 6.08 Å². The minimum atomic E-state index is -1.05. The third kappa shape index (κ3) is 4.83. The van der Waals surface area contributed by atoms with Crippen molar-refractivity contribution in [3.8, 4) is 5.75 Å². The Kier molecular flexibility index (Phi) is 5.60. The summed E-state index contributed by atoms with van der Waals surface area (Å²) >= 11 is 0. The summed E-state index contributed by atoms with van der Waals surface area (Å²) in [5, 5.41) is 8.60. The highest BCUT2D eigenvalue weighted by molar-refractivity contribution is 5.86. The molecule has 5 heteroatoms. The molecule has 1 aromatic rings. The molecule has 0 heterocycles. The number of benzene rings is 1. The van der Waals surface area contributed by atoms with Crippen molar-refractivity contribution in [2.45, 2.75) is 20.0 Å².